The summed E-state index contributed by atoms with van der Waals surface area (Å²) in [6.07, 6.45) is 1.43. The van der Waals surface area contributed by atoms with Crippen molar-refractivity contribution in [2.24, 2.45) is 0 Å². The van der Waals surface area contributed by atoms with Crippen LogP contribution in [0.15, 0.2) is 23.1 Å². The van der Waals surface area contributed by atoms with Gasteiger partial charge in [0.2, 0.25) is 5.91 Å². The van der Waals surface area contributed by atoms with E-state index in [1.54, 1.807) is 31.1 Å². The standard InChI is InChI=1S/C12H19N3O3S/c1-14-11(16)7-8-15(2)9-5-4-6-10(12(9)13)19(3,17)18/h4-6H,7-8,13H2,1-3H3,(H,14,16). The molecule has 0 fully saturated rings. The van der Waals surface area contributed by atoms with Gasteiger partial charge in [0.1, 0.15) is 0 Å². The first kappa shape index (κ1) is 15.3. The highest BCUT2D eigenvalue weighted by Crippen LogP contribution is 2.28. The molecule has 6 nitrogen and oxygen atoms in total. The molecule has 19 heavy (non-hydrogen) atoms. The predicted molar refractivity (Wildman–Crippen MR) is 75.9 cm³/mol. The van der Waals surface area contributed by atoms with E-state index in [1.165, 1.54) is 6.07 Å². The molecule has 0 aliphatic rings. The van der Waals surface area contributed by atoms with Crippen LogP contribution in [-0.4, -0.2) is 41.2 Å². The van der Waals surface area contributed by atoms with Crippen LogP contribution in [0.1, 0.15) is 6.42 Å². The molecule has 1 rings (SSSR count). The number of benzene rings is 1. The van der Waals surface area contributed by atoms with E-state index in [1.807, 2.05) is 0 Å². The molecule has 0 bridgehead atoms. The molecule has 1 amide bonds. The van der Waals surface area contributed by atoms with Crippen LogP contribution in [0.4, 0.5) is 11.4 Å². The third-order valence-electron chi connectivity index (χ3n) is 2.81. The maximum Gasteiger partial charge on any atom is 0.221 e. The third-order valence-corrected chi connectivity index (χ3v) is 3.96. The Balaban J connectivity index is 2.99. The minimum absolute atomic E-state index is 0.0790. The van der Waals surface area contributed by atoms with Crippen LogP contribution in [0.3, 0.4) is 0 Å². The van der Waals surface area contributed by atoms with Crippen molar-refractivity contribution in [1.82, 2.24) is 5.32 Å². The SMILES string of the molecule is CNC(=O)CCN(C)c1cccc(S(C)(=O)=O)c1N. The zero-order chi connectivity index (χ0) is 14.6. The van der Waals surface area contributed by atoms with E-state index < -0.39 is 9.84 Å². The van der Waals surface area contributed by atoms with E-state index in [0.29, 0.717) is 18.7 Å². The van der Waals surface area contributed by atoms with Crippen LogP contribution >= 0.6 is 0 Å². The number of carbonyl (C=O) groups excluding carboxylic acids is 1. The number of anilines is 2. The molecule has 0 aliphatic heterocycles. The zero-order valence-electron chi connectivity index (χ0n) is 11.3. The van der Waals surface area contributed by atoms with E-state index in [4.69, 9.17) is 5.73 Å². The number of hydrogen-bond acceptors (Lipinski definition) is 5. The van der Waals surface area contributed by atoms with Gasteiger partial charge in [0.25, 0.3) is 0 Å². The van der Waals surface area contributed by atoms with Gasteiger partial charge in [-0.2, -0.15) is 0 Å². The summed E-state index contributed by atoms with van der Waals surface area (Å²) in [7, 11) is -0.0214. The Kier molecular flexibility index (Phi) is 4.77. The van der Waals surface area contributed by atoms with Crippen LogP contribution in [0.25, 0.3) is 0 Å². The summed E-state index contributed by atoms with van der Waals surface area (Å²) in [6, 6.07) is 4.84. The fraction of sp³-hybridized carbons (Fsp3) is 0.417. The van der Waals surface area contributed by atoms with Gasteiger partial charge in [0, 0.05) is 33.3 Å². The molecule has 1 aromatic rings. The summed E-state index contributed by atoms with van der Waals surface area (Å²) in [5.74, 6) is -0.0790. The maximum absolute atomic E-state index is 11.6. The molecule has 106 valence electrons. The largest absolute Gasteiger partial charge is 0.396 e. The molecule has 0 radical (unpaired) electrons. The summed E-state index contributed by atoms with van der Waals surface area (Å²) in [6.45, 7) is 0.455. The fourth-order valence-corrected chi connectivity index (χ4v) is 2.53. The highest BCUT2D eigenvalue weighted by Gasteiger charge is 2.16. The Morgan fingerprint density at radius 2 is 2.05 bits per heavy atom. The van der Waals surface area contributed by atoms with E-state index in [9.17, 15) is 13.2 Å². The number of amides is 1. The van der Waals surface area contributed by atoms with Crippen LogP contribution in [0.5, 0.6) is 0 Å². The quantitative estimate of drug-likeness (QED) is 0.756. The Bertz CT molecular complexity index is 570. The third kappa shape index (κ3) is 3.85. The molecule has 0 heterocycles. The number of rotatable bonds is 5. The van der Waals surface area contributed by atoms with Crippen molar-refractivity contribution in [3.8, 4) is 0 Å². The lowest BCUT2D eigenvalue weighted by Crippen LogP contribution is -2.27. The molecule has 0 atom stereocenters. The minimum Gasteiger partial charge on any atom is -0.396 e. The Morgan fingerprint density at radius 1 is 1.42 bits per heavy atom. The van der Waals surface area contributed by atoms with Gasteiger partial charge in [-0.3, -0.25) is 4.79 Å². The molecular formula is C12H19N3O3S. The number of carbonyl (C=O) groups is 1. The van der Waals surface area contributed by atoms with E-state index >= 15 is 0 Å². The lowest BCUT2D eigenvalue weighted by atomic mass is 10.2. The Hall–Kier alpha value is -1.76. The van der Waals surface area contributed by atoms with Crippen LogP contribution in [0, 0.1) is 0 Å². The first-order chi connectivity index (χ1) is 8.77. The molecule has 0 spiro atoms. The molecule has 3 N–H and O–H groups in total. The molecule has 1 aromatic carbocycles. The summed E-state index contributed by atoms with van der Waals surface area (Å²) in [5.41, 5.74) is 6.70. The summed E-state index contributed by atoms with van der Waals surface area (Å²) in [4.78, 5) is 13.1. The molecule has 0 aliphatic carbocycles. The average molecular weight is 285 g/mol. The molecule has 0 saturated carbocycles. The highest BCUT2D eigenvalue weighted by molar-refractivity contribution is 7.90. The van der Waals surface area contributed by atoms with E-state index in [2.05, 4.69) is 5.32 Å². The fourth-order valence-electron chi connectivity index (χ4n) is 1.70. The zero-order valence-corrected chi connectivity index (χ0v) is 12.1. The monoisotopic (exact) mass is 285 g/mol. The molecule has 0 aromatic heterocycles. The normalized spacial score (nSPS) is 11.1. The number of hydrogen-bond donors (Lipinski definition) is 2. The van der Waals surface area contributed by atoms with Gasteiger partial charge in [-0.15, -0.1) is 0 Å². The summed E-state index contributed by atoms with van der Waals surface area (Å²) >= 11 is 0. The van der Waals surface area contributed by atoms with Crippen molar-refractivity contribution >= 4 is 27.1 Å². The Labute approximate surface area is 113 Å². The molecular weight excluding hydrogens is 266 g/mol. The number of nitrogens with two attached hydrogens (primary N) is 1. The highest BCUT2D eigenvalue weighted by atomic mass is 32.2. The Morgan fingerprint density at radius 3 is 2.58 bits per heavy atom. The van der Waals surface area contributed by atoms with Gasteiger partial charge < -0.3 is 16.0 Å². The second-order valence-electron chi connectivity index (χ2n) is 4.31. The lowest BCUT2D eigenvalue weighted by Gasteiger charge is -2.21. The summed E-state index contributed by atoms with van der Waals surface area (Å²) < 4.78 is 23.2. The topological polar surface area (TPSA) is 92.5 Å². The number of sulfone groups is 1. The van der Waals surface area contributed by atoms with Gasteiger partial charge in [0.15, 0.2) is 9.84 Å². The number of nitrogens with zero attached hydrogens (tertiary/aromatic N) is 1. The minimum atomic E-state index is -3.36. The molecule has 7 heteroatoms. The van der Waals surface area contributed by atoms with E-state index in [0.717, 1.165) is 6.26 Å². The van der Waals surface area contributed by atoms with Gasteiger partial charge in [-0.05, 0) is 12.1 Å². The number of nitrogens with one attached hydrogen (secondary N) is 1. The van der Waals surface area contributed by atoms with Crippen molar-refractivity contribution in [1.29, 1.82) is 0 Å². The van der Waals surface area contributed by atoms with Crippen LogP contribution in [-0.2, 0) is 14.6 Å². The maximum atomic E-state index is 11.6. The summed E-state index contributed by atoms with van der Waals surface area (Å²) in [5, 5.41) is 2.53. The number of nitrogen functional groups attached to an aromatic ring is 1. The van der Waals surface area contributed by atoms with Crippen LogP contribution in [0.2, 0.25) is 0 Å². The van der Waals surface area contributed by atoms with Crippen molar-refractivity contribution in [3.05, 3.63) is 18.2 Å². The lowest BCUT2D eigenvalue weighted by molar-refractivity contribution is -0.120. The second kappa shape index (κ2) is 5.92. The molecule has 0 unspecified atom stereocenters. The smallest absolute Gasteiger partial charge is 0.221 e. The van der Waals surface area contributed by atoms with Gasteiger partial charge in [0.05, 0.1) is 16.3 Å². The van der Waals surface area contributed by atoms with Crippen molar-refractivity contribution < 1.29 is 13.2 Å². The second-order valence-corrected chi connectivity index (χ2v) is 6.29. The van der Waals surface area contributed by atoms with Crippen molar-refractivity contribution in [3.63, 3.8) is 0 Å². The van der Waals surface area contributed by atoms with Crippen molar-refractivity contribution in [2.45, 2.75) is 11.3 Å². The first-order valence-corrected chi connectivity index (χ1v) is 7.66. The van der Waals surface area contributed by atoms with Crippen molar-refractivity contribution in [2.75, 3.05) is 37.5 Å². The average Bonchev–Trinajstić information content (AvgIpc) is 2.34. The van der Waals surface area contributed by atoms with Gasteiger partial charge >= 0.3 is 0 Å². The number of para-hydroxylation sites is 1. The van der Waals surface area contributed by atoms with Gasteiger partial charge in [-0.25, -0.2) is 8.42 Å². The first-order valence-electron chi connectivity index (χ1n) is 5.77. The molecule has 0 saturated heterocycles. The van der Waals surface area contributed by atoms with E-state index in [-0.39, 0.29) is 16.5 Å². The van der Waals surface area contributed by atoms with Gasteiger partial charge in [-0.1, -0.05) is 6.07 Å². The predicted octanol–water partition coefficient (Wildman–Crippen LogP) is 0.245. The van der Waals surface area contributed by atoms with Crippen LogP contribution < -0.4 is 16.0 Å².